The first kappa shape index (κ1) is 14.5. The number of carbonyl (C=O) groups is 1. The van der Waals surface area contributed by atoms with Gasteiger partial charge in [0.05, 0.1) is 0 Å². The summed E-state index contributed by atoms with van der Waals surface area (Å²) in [5.74, 6) is 0.205. The molecule has 17 heavy (non-hydrogen) atoms. The van der Waals surface area contributed by atoms with Gasteiger partial charge in [-0.2, -0.15) is 0 Å². The highest BCUT2D eigenvalue weighted by Gasteiger charge is 2.15. The monoisotopic (exact) mass is 241 g/mol. The van der Waals surface area contributed by atoms with Crippen molar-refractivity contribution in [2.24, 2.45) is 5.73 Å². The fourth-order valence-corrected chi connectivity index (χ4v) is 2.31. The summed E-state index contributed by atoms with van der Waals surface area (Å²) in [5.41, 5.74) is 5.45. The third-order valence-electron chi connectivity index (χ3n) is 3.43. The number of nitrogens with zero attached hydrogens (tertiary/aromatic N) is 1. The molecule has 1 amide bonds. The summed E-state index contributed by atoms with van der Waals surface area (Å²) in [7, 11) is 2.05. The lowest BCUT2D eigenvalue weighted by molar-refractivity contribution is -0.122. The molecule has 1 saturated carbocycles. The van der Waals surface area contributed by atoms with E-state index in [4.69, 9.17) is 5.73 Å². The quantitative estimate of drug-likeness (QED) is 0.702. The SMILES string of the molecule is CN(CCCN)CCC(=O)NC1CCCCC1. The van der Waals surface area contributed by atoms with Crippen LogP contribution in [-0.2, 0) is 4.79 Å². The molecular formula is C13H27N3O. The second kappa shape index (κ2) is 8.48. The minimum atomic E-state index is 0.205. The Labute approximate surface area is 105 Å². The number of nitrogens with two attached hydrogens (primary N) is 1. The standard InChI is InChI=1S/C13H27N3O/c1-16(10-5-9-14)11-8-13(17)15-12-6-3-2-4-7-12/h12H,2-11,14H2,1H3,(H,15,17). The van der Waals surface area contributed by atoms with Crippen LogP contribution in [0.1, 0.15) is 44.9 Å². The van der Waals surface area contributed by atoms with Crippen LogP contribution in [0.3, 0.4) is 0 Å². The van der Waals surface area contributed by atoms with Crippen LogP contribution in [0.4, 0.5) is 0 Å². The molecule has 0 unspecified atom stereocenters. The Morgan fingerprint density at radius 3 is 2.65 bits per heavy atom. The second-order valence-electron chi connectivity index (χ2n) is 5.10. The minimum Gasteiger partial charge on any atom is -0.353 e. The van der Waals surface area contributed by atoms with Crippen molar-refractivity contribution >= 4 is 5.91 Å². The van der Waals surface area contributed by atoms with Gasteiger partial charge in [-0.3, -0.25) is 4.79 Å². The van der Waals surface area contributed by atoms with Gasteiger partial charge in [-0.05, 0) is 39.4 Å². The molecule has 1 aliphatic rings. The van der Waals surface area contributed by atoms with E-state index in [0.29, 0.717) is 12.5 Å². The molecule has 1 fully saturated rings. The van der Waals surface area contributed by atoms with Crippen molar-refractivity contribution in [2.45, 2.75) is 51.0 Å². The van der Waals surface area contributed by atoms with Gasteiger partial charge in [0.1, 0.15) is 0 Å². The Bertz CT molecular complexity index is 215. The van der Waals surface area contributed by atoms with Gasteiger partial charge in [-0.25, -0.2) is 0 Å². The van der Waals surface area contributed by atoms with E-state index < -0.39 is 0 Å². The van der Waals surface area contributed by atoms with Crippen molar-refractivity contribution in [3.63, 3.8) is 0 Å². The molecule has 0 atom stereocenters. The van der Waals surface area contributed by atoms with Crippen molar-refractivity contribution in [1.29, 1.82) is 0 Å². The highest BCUT2D eigenvalue weighted by molar-refractivity contribution is 5.76. The maximum atomic E-state index is 11.7. The Hall–Kier alpha value is -0.610. The number of nitrogens with one attached hydrogen (secondary N) is 1. The summed E-state index contributed by atoms with van der Waals surface area (Å²) in [6, 6.07) is 0.436. The smallest absolute Gasteiger partial charge is 0.221 e. The van der Waals surface area contributed by atoms with E-state index in [1.54, 1.807) is 0 Å². The lowest BCUT2D eigenvalue weighted by Crippen LogP contribution is -2.37. The van der Waals surface area contributed by atoms with Gasteiger partial charge in [0.2, 0.25) is 5.91 Å². The Morgan fingerprint density at radius 2 is 2.00 bits per heavy atom. The van der Waals surface area contributed by atoms with Gasteiger partial charge in [-0.1, -0.05) is 19.3 Å². The third kappa shape index (κ3) is 6.64. The minimum absolute atomic E-state index is 0.205. The highest BCUT2D eigenvalue weighted by Crippen LogP contribution is 2.17. The molecular weight excluding hydrogens is 214 g/mol. The number of carbonyl (C=O) groups excluding carboxylic acids is 1. The van der Waals surface area contributed by atoms with Crippen molar-refractivity contribution in [3.8, 4) is 0 Å². The fraction of sp³-hybridized carbons (Fsp3) is 0.923. The van der Waals surface area contributed by atoms with Gasteiger partial charge < -0.3 is 16.0 Å². The molecule has 100 valence electrons. The second-order valence-corrected chi connectivity index (χ2v) is 5.10. The summed E-state index contributed by atoms with van der Waals surface area (Å²) in [5, 5.41) is 3.14. The van der Waals surface area contributed by atoms with Gasteiger partial charge in [0, 0.05) is 19.0 Å². The van der Waals surface area contributed by atoms with Crippen LogP contribution >= 0.6 is 0 Å². The van der Waals surface area contributed by atoms with Crippen molar-refractivity contribution in [3.05, 3.63) is 0 Å². The van der Waals surface area contributed by atoms with Crippen molar-refractivity contribution in [1.82, 2.24) is 10.2 Å². The van der Waals surface area contributed by atoms with Gasteiger partial charge in [0.15, 0.2) is 0 Å². The Morgan fingerprint density at radius 1 is 1.29 bits per heavy atom. The molecule has 0 heterocycles. The Kier molecular flexibility index (Phi) is 7.21. The summed E-state index contributed by atoms with van der Waals surface area (Å²) in [6.45, 7) is 2.53. The summed E-state index contributed by atoms with van der Waals surface area (Å²) in [6.07, 6.45) is 7.79. The zero-order chi connectivity index (χ0) is 12.5. The highest BCUT2D eigenvalue weighted by atomic mass is 16.1. The predicted molar refractivity (Wildman–Crippen MR) is 70.8 cm³/mol. The molecule has 4 heteroatoms. The fourth-order valence-electron chi connectivity index (χ4n) is 2.31. The lowest BCUT2D eigenvalue weighted by atomic mass is 9.95. The molecule has 0 bridgehead atoms. The summed E-state index contributed by atoms with van der Waals surface area (Å²) in [4.78, 5) is 13.9. The molecule has 1 rings (SSSR count). The first-order chi connectivity index (χ1) is 8.22. The van der Waals surface area contributed by atoms with Gasteiger partial charge in [0.25, 0.3) is 0 Å². The average molecular weight is 241 g/mol. The number of hydrogen-bond donors (Lipinski definition) is 2. The molecule has 0 aliphatic heterocycles. The lowest BCUT2D eigenvalue weighted by Gasteiger charge is -2.23. The van der Waals surface area contributed by atoms with Crippen LogP contribution in [-0.4, -0.2) is 43.5 Å². The zero-order valence-electron chi connectivity index (χ0n) is 11.1. The van der Waals surface area contributed by atoms with E-state index in [1.165, 1.54) is 19.3 Å². The number of hydrogen-bond acceptors (Lipinski definition) is 3. The Balaban J connectivity index is 2.07. The van der Waals surface area contributed by atoms with Crippen molar-refractivity contribution < 1.29 is 4.79 Å². The van der Waals surface area contributed by atoms with Crippen LogP contribution in [0.2, 0.25) is 0 Å². The van der Waals surface area contributed by atoms with E-state index in [2.05, 4.69) is 10.2 Å². The van der Waals surface area contributed by atoms with Crippen LogP contribution in [0.25, 0.3) is 0 Å². The topological polar surface area (TPSA) is 58.4 Å². The van der Waals surface area contributed by atoms with E-state index in [0.717, 1.165) is 38.9 Å². The third-order valence-corrected chi connectivity index (χ3v) is 3.43. The van der Waals surface area contributed by atoms with Crippen LogP contribution in [0.5, 0.6) is 0 Å². The van der Waals surface area contributed by atoms with Crippen LogP contribution in [0.15, 0.2) is 0 Å². The summed E-state index contributed by atoms with van der Waals surface area (Å²) >= 11 is 0. The van der Waals surface area contributed by atoms with Crippen LogP contribution in [0, 0.1) is 0 Å². The number of rotatable bonds is 7. The average Bonchev–Trinajstić information content (AvgIpc) is 2.35. The largest absolute Gasteiger partial charge is 0.353 e. The molecule has 0 aromatic carbocycles. The van der Waals surface area contributed by atoms with E-state index in [9.17, 15) is 4.79 Å². The molecule has 0 radical (unpaired) electrons. The van der Waals surface area contributed by atoms with E-state index in [-0.39, 0.29) is 5.91 Å². The molecule has 0 aromatic rings. The molecule has 0 spiro atoms. The predicted octanol–water partition coefficient (Wildman–Crippen LogP) is 1.11. The zero-order valence-corrected chi connectivity index (χ0v) is 11.1. The molecule has 0 saturated heterocycles. The summed E-state index contributed by atoms with van der Waals surface area (Å²) < 4.78 is 0. The van der Waals surface area contributed by atoms with Gasteiger partial charge >= 0.3 is 0 Å². The normalized spacial score (nSPS) is 17.4. The van der Waals surface area contributed by atoms with E-state index in [1.807, 2.05) is 7.05 Å². The van der Waals surface area contributed by atoms with Gasteiger partial charge in [-0.15, -0.1) is 0 Å². The van der Waals surface area contributed by atoms with E-state index >= 15 is 0 Å². The van der Waals surface area contributed by atoms with Crippen molar-refractivity contribution in [2.75, 3.05) is 26.7 Å². The molecule has 0 aromatic heterocycles. The maximum absolute atomic E-state index is 11.7. The number of amides is 1. The first-order valence-electron chi connectivity index (χ1n) is 6.90. The molecule has 4 nitrogen and oxygen atoms in total. The first-order valence-corrected chi connectivity index (χ1v) is 6.90. The molecule has 3 N–H and O–H groups in total. The maximum Gasteiger partial charge on any atom is 0.221 e. The van der Waals surface area contributed by atoms with Crippen LogP contribution < -0.4 is 11.1 Å². The molecule has 1 aliphatic carbocycles.